The molecule has 0 fully saturated rings. The molecule has 0 heterocycles. The number of carboxylic acid groups (broad SMARTS) is 1. The molecule has 0 saturated carbocycles. The minimum absolute atomic E-state index is 0.0585. The van der Waals surface area contributed by atoms with Crippen molar-refractivity contribution in [3.8, 4) is 17.2 Å². The number of carboxylic acids is 1. The van der Waals surface area contributed by atoms with E-state index in [0.29, 0.717) is 5.69 Å². The number of hydrogen-bond acceptors (Lipinski definition) is 6. The number of carbonyl (C=O) groups is 1. The van der Waals surface area contributed by atoms with Gasteiger partial charge in [-0.25, -0.2) is 4.79 Å². The lowest BCUT2D eigenvalue weighted by Crippen LogP contribution is -2.02. The molecular weight excluding hydrogens is 312 g/mol. The highest BCUT2D eigenvalue weighted by Crippen LogP contribution is 2.47. The maximum Gasteiger partial charge on any atom is 0.338 e. The Balaban J connectivity index is 2.61. The Hall–Kier alpha value is -3.09. The van der Waals surface area contributed by atoms with Gasteiger partial charge < -0.3 is 19.3 Å². The Morgan fingerprint density at radius 1 is 0.958 bits per heavy atom. The third-order valence-electron chi connectivity index (χ3n) is 3.33. The molecule has 0 aliphatic carbocycles. The van der Waals surface area contributed by atoms with Gasteiger partial charge in [0.05, 0.1) is 32.6 Å². The van der Waals surface area contributed by atoms with Gasteiger partial charge in [0, 0.05) is 6.07 Å². The highest BCUT2D eigenvalue weighted by atomic mass is 16.5. The van der Waals surface area contributed by atoms with E-state index in [9.17, 15) is 9.90 Å². The fraction of sp³-hybridized carbons (Fsp3) is 0.235. The average Bonchev–Trinajstić information content (AvgIpc) is 2.59. The molecule has 24 heavy (non-hydrogen) atoms. The normalized spacial score (nSPS) is 10.7. The van der Waals surface area contributed by atoms with E-state index in [1.807, 2.05) is 19.1 Å². The van der Waals surface area contributed by atoms with Crippen molar-refractivity contribution in [2.75, 3.05) is 21.3 Å². The van der Waals surface area contributed by atoms with Crippen LogP contribution in [0.1, 0.15) is 15.9 Å². The third-order valence-corrected chi connectivity index (χ3v) is 3.33. The molecule has 1 N–H and O–H groups in total. The summed E-state index contributed by atoms with van der Waals surface area (Å²) in [5.41, 5.74) is 1.64. The van der Waals surface area contributed by atoms with Crippen LogP contribution in [0.4, 0.5) is 11.4 Å². The molecule has 0 bridgehead atoms. The molecular formula is C17H18N2O5. The lowest BCUT2D eigenvalue weighted by Gasteiger charge is -2.15. The predicted octanol–water partition coefficient (Wildman–Crippen LogP) is 4.13. The predicted molar refractivity (Wildman–Crippen MR) is 88.4 cm³/mol. The van der Waals surface area contributed by atoms with Gasteiger partial charge in [-0.3, -0.25) is 0 Å². The quantitative estimate of drug-likeness (QED) is 0.804. The second-order valence-corrected chi connectivity index (χ2v) is 4.88. The van der Waals surface area contributed by atoms with Gasteiger partial charge in [0.2, 0.25) is 5.75 Å². The van der Waals surface area contributed by atoms with E-state index in [-0.39, 0.29) is 28.5 Å². The van der Waals surface area contributed by atoms with E-state index in [1.54, 1.807) is 12.1 Å². The number of rotatable bonds is 6. The van der Waals surface area contributed by atoms with Crippen LogP contribution >= 0.6 is 0 Å². The summed E-state index contributed by atoms with van der Waals surface area (Å²) in [5.74, 6) is -0.541. The van der Waals surface area contributed by atoms with E-state index in [2.05, 4.69) is 10.2 Å². The SMILES string of the molecule is COc1cc(C(=O)O)c(N=Nc2ccc(C)cc2)c(OC)c1OC. The number of ether oxygens (including phenoxy) is 3. The van der Waals surface area contributed by atoms with Crippen LogP contribution in [0.5, 0.6) is 17.2 Å². The van der Waals surface area contributed by atoms with Crippen molar-refractivity contribution in [3.63, 3.8) is 0 Å². The Bertz CT molecular complexity index is 770. The maximum atomic E-state index is 11.6. The van der Waals surface area contributed by atoms with Crippen LogP contribution in [0, 0.1) is 6.92 Å². The molecule has 0 unspecified atom stereocenters. The molecule has 0 atom stereocenters. The summed E-state index contributed by atoms with van der Waals surface area (Å²) in [6.45, 7) is 1.96. The molecule has 7 nitrogen and oxygen atoms in total. The topological polar surface area (TPSA) is 89.7 Å². The van der Waals surface area contributed by atoms with E-state index in [1.165, 1.54) is 27.4 Å². The second-order valence-electron chi connectivity index (χ2n) is 4.88. The summed E-state index contributed by atoms with van der Waals surface area (Å²) in [6.07, 6.45) is 0. The number of benzene rings is 2. The number of aromatic carboxylic acids is 1. The number of aryl methyl sites for hydroxylation is 1. The molecule has 0 aliphatic heterocycles. The van der Waals surface area contributed by atoms with E-state index in [0.717, 1.165) is 5.56 Å². The van der Waals surface area contributed by atoms with Gasteiger partial charge in [0.25, 0.3) is 0 Å². The van der Waals surface area contributed by atoms with Gasteiger partial charge >= 0.3 is 5.97 Å². The van der Waals surface area contributed by atoms with Gasteiger partial charge in [0.1, 0.15) is 5.69 Å². The van der Waals surface area contributed by atoms with Crippen molar-refractivity contribution in [2.24, 2.45) is 10.2 Å². The van der Waals surface area contributed by atoms with E-state index < -0.39 is 5.97 Å². The average molecular weight is 330 g/mol. The maximum absolute atomic E-state index is 11.6. The van der Waals surface area contributed by atoms with Gasteiger partial charge in [-0.15, -0.1) is 5.11 Å². The van der Waals surface area contributed by atoms with Gasteiger partial charge in [-0.05, 0) is 19.1 Å². The smallest absolute Gasteiger partial charge is 0.338 e. The summed E-state index contributed by atoms with van der Waals surface area (Å²) >= 11 is 0. The Labute approximate surface area is 139 Å². The van der Waals surface area contributed by atoms with Crippen molar-refractivity contribution in [1.29, 1.82) is 0 Å². The molecule has 2 aromatic rings. The van der Waals surface area contributed by atoms with Crippen molar-refractivity contribution in [3.05, 3.63) is 41.5 Å². The molecule has 0 radical (unpaired) electrons. The monoisotopic (exact) mass is 330 g/mol. The largest absolute Gasteiger partial charge is 0.493 e. The number of azo groups is 1. The summed E-state index contributed by atoms with van der Waals surface area (Å²) in [7, 11) is 4.24. The lowest BCUT2D eigenvalue weighted by molar-refractivity contribution is 0.0697. The zero-order valence-electron chi connectivity index (χ0n) is 13.9. The third kappa shape index (κ3) is 3.45. The number of methoxy groups -OCH3 is 3. The van der Waals surface area contributed by atoms with Crippen LogP contribution in [0.2, 0.25) is 0 Å². The van der Waals surface area contributed by atoms with Crippen molar-refractivity contribution in [2.45, 2.75) is 6.92 Å². The van der Waals surface area contributed by atoms with Crippen LogP contribution in [-0.2, 0) is 0 Å². The van der Waals surface area contributed by atoms with Crippen LogP contribution in [-0.4, -0.2) is 32.4 Å². The zero-order valence-corrected chi connectivity index (χ0v) is 13.9. The molecule has 2 aromatic carbocycles. The fourth-order valence-corrected chi connectivity index (χ4v) is 2.12. The van der Waals surface area contributed by atoms with Crippen LogP contribution in [0.3, 0.4) is 0 Å². The fourth-order valence-electron chi connectivity index (χ4n) is 2.12. The van der Waals surface area contributed by atoms with Gasteiger partial charge in [-0.2, -0.15) is 5.11 Å². The molecule has 7 heteroatoms. The molecule has 0 aliphatic rings. The summed E-state index contributed by atoms with van der Waals surface area (Å²) in [5, 5.41) is 17.6. The Morgan fingerprint density at radius 2 is 1.58 bits per heavy atom. The second kappa shape index (κ2) is 7.45. The Kier molecular flexibility index (Phi) is 5.36. The van der Waals surface area contributed by atoms with E-state index >= 15 is 0 Å². The first-order valence-corrected chi connectivity index (χ1v) is 7.06. The first-order chi connectivity index (χ1) is 11.5. The summed E-state index contributed by atoms with van der Waals surface area (Å²) in [4.78, 5) is 11.6. The van der Waals surface area contributed by atoms with Crippen LogP contribution in [0.15, 0.2) is 40.6 Å². The Morgan fingerprint density at radius 3 is 2.08 bits per heavy atom. The zero-order chi connectivity index (χ0) is 17.7. The standard InChI is InChI=1S/C17H18N2O5/c1-10-5-7-11(8-6-10)18-19-14-12(17(20)21)9-13(22-2)15(23-3)16(14)24-4/h5-9H,1-4H3,(H,20,21). The van der Waals surface area contributed by atoms with Crippen molar-refractivity contribution >= 4 is 17.3 Å². The first-order valence-electron chi connectivity index (χ1n) is 7.06. The van der Waals surface area contributed by atoms with Crippen LogP contribution < -0.4 is 14.2 Å². The molecule has 0 saturated heterocycles. The number of hydrogen-bond donors (Lipinski definition) is 1. The molecule has 126 valence electrons. The highest BCUT2D eigenvalue weighted by molar-refractivity contribution is 5.97. The lowest BCUT2D eigenvalue weighted by atomic mass is 10.1. The minimum Gasteiger partial charge on any atom is -0.493 e. The van der Waals surface area contributed by atoms with Gasteiger partial charge in [0.15, 0.2) is 11.5 Å². The number of nitrogens with zero attached hydrogens (tertiary/aromatic N) is 2. The van der Waals surface area contributed by atoms with Crippen LogP contribution in [0.25, 0.3) is 0 Å². The molecule has 0 amide bonds. The molecule has 2 rings (SSSR count). The summed E-state index contributed by atoms with van der Waals surface area (Å²) < 4.78 is 15.7. The van der Waals surface area contributed by atoms with Crippen molar-refractivity contribution in [1.82, 2.24) is 0 Å². The molecule has 0 aromatic heterocycles. The minimum atomic E-state index is -1.17. The highest BCUT2D eigenvalue weighted by Gasteiger charge is 2.24. The van der Waals surface area contributed by atoms with Gasteiger partial charge in [-0.1, -0.05) is 17.7 Å². The molecule has 0 spiro atoms. The first kappa shape index (κ1) is 17.3. The summed E-state index contributed by atoms with van der Waals surface area (Å²) in [6, 6.07) is 8.67. The van der Waals surface area contributed by atoms with E-state index in [4.69, 9.17) is 14.2 Å². The van der Waals surface area contributed by atoms with Crippen molar-refractivity contribution < 1.29 is 24.1 Å².